The number of anilines is 2. The summed E-state index contributed by atoms with van der Waals surface area (Å²) in [6.45, 7) is 0. The van der Waals surface area contributed by atoms with E-state index in [-0.39, 0.29) is 5.82 Å². The van der Waals surface area contributed by atoms with E-state index in [9.17, 15) is 20.3 Å². The number of nitro groups is 1. The Morgan fingerprint density at radius 1 is 0.659 bits per heavy atom. The van der Waals surface area contributed by atoms with Crippen molar-refractivity contribution < 1.29 is 15.1 Å². The Hall–Kier alpha value is -5.24. The molecule has 0 fully saturated rings. The molecular formula is C34H23N3O4. The Morgan fingerprint density at radius 2 is 1.22 bits per heavy atom. The molecule has 2 atom stereocenters. The van der Waals surface area contributed by atoms with Crippen molar-refractivity contribution in [2.45, 2.75) is 11.3 Å². The molecule has 0 unspecified atom stereocenters. The van der Waals surface area contributed by atoms with E-state index in [4.69, 9.17) is 0 Å². The van der Waals surface area contributed by atoms with Gasteiger partial charge in [0.05, 0.1) is 10.6 Å². The lowest BCUT2D eigenvalue weighted by Gasteiger charge is -2.40. The second-order valence-electron chi connectivity index (χ2n) is 10.5. The zero-order valence-electron chi connectivity index (χ0n) is 21.7. The molecule has 0 aromatic heterocycles. The first kappa shape index (κ1) is 23.6. The van der Waals surface area contributed by atoms with Crippen LogP contribution in [0.25, 0.3) is 32.3 Å². The third kappa shape index (κ3) is 2.88. The molecule has 2 aliphatic rings. The summed E-state index contributed by atoms with van der Waals surface area (Å²) in [5.41, 5.74) is -3.31. The topological polar surface area (TPSA) is 98.9 Å². The fraction of sp³-hybridized carbons (Fsp3) is 0.0588. The second kappa shape index (κ2) is 8.14. The van der Waals surface area contributed by atoms with E-state index in [1.54, 1.807) is 24.3 Å². The number of nitrogens with one attached hydrogen (secondary N) is 1. The lowest BCUT2D eigenvalue weighted by molar-refractivity contribution is -0.451. The quantitative estimate of drug-likeness (QED) is 0.174. The number of fused-ring (bicyclic) bond motifs is 5. The number of hydrogen-bond acceptors (Lipinski definition) is 6. The molecule has 6 aromatic rings. The van der Waals surface area contributed by atoms with Gasteiger partial charge >= 0.3 is 5.70 Å². The van der Waals surface area contributed by atoms with E-state index in [0.29, 0.717) is 27.9 Å². The normalized spacial score (nSPS) is 21.2. The van der Waals surface area contributed by atoms with Crippen LogP contribution in [-0.4, -0.2) is 15.1 Å². The highest BCUT2D eigenvalue weighted by atomic mass is 16.6. The Balaban J connectivity index is 1.50. The van der Waals surface area contributed by atoms with Crippen LogP contribution in [0, 0.1) is 10.1 Å². The Morgan fingerprint density at radius 3 is 1.95 bits per heavy atom. The summed E-state index contributed by atoms with van der Waals surface area (Å²) in [5, 5.41) is 46.9. The van der Waals surface area contributed by atoms with Crippen molar-refractivity contribution in [2.24, 2.45) is 0 Å². The highest BCUT2D eigenvalue weighted by Gasteiger charge is 2.74. The first-order chi connectivity index (χ1) is 19.9. The molecule has 7 heteroatoms. The Labute approximate surface area is 234 Å². The van der Waals surface area contributed by atoms with Crippen LogP contribution < -0.4 is 10.2 Å². The molecule has 0 bridgehead atoms. The maximum atomic E-state index is 13.1. The maximum absolute atomic E-state index is 13.1. The van der Waals surface area contributed by atoms with Crippen LogP contribution in [0.5, 0.6) is 0 Å². The number of benzene rings is 6. The largest absolute Gasteiger partial charge is 0.370 e. The predicted octanol–water partition coefficient (Wildman–Crippen LogP) is 6.57. The van der Waals surface area contributed by atoms with Gasteiger partial charge in [-0.15, -0.1) is 0 Å². The van der Waals surface area contributed by atoms with E-state index in [1.807, 2.05) is 97.1 Å². The minimum Gasteiger partial charge on any atom is -0.370 e. The van der Waals surface area contributed by atoms with Crippen molar-refractivity contribution in [1.82, 2.24) is 0 Å². The van der Waals surface area contributed by atoms with Gasteiger partial charge in [-0.1, -0.05) is 109 Å². The molecule has 1 aliphatic heterocycles. The summed E-state index contributed by atoms with van der Waals surface area (Å²) in [7, 11) is 0. The summed E-state index contributed by atoms with van der Waals surface area (Å²) in [6, 6.07) is 37.4. The Bertz CT molecular complexity index is 2110. The van der Waals surface area contributed by atoms with Crippen molar-refractivity contribution in [3.63, 3.8) is 0 Å². The smallest absolute Gasteiger partial charge is 0.328 e. The van der Waals surface area contributed by atoms with E-state index < -0.39 is 21.9 Å². The number of nitrogens with zero attached hydrogens (tertiary/aromatic N) is 2. The minimum atomic E-state index is -2.39. The third-order valence-corrected chi connectivity index (χ3v) is 8.52. The van der Waals surface area contributed by atoms with Gasteiger partial charge in [0, 0.05) is 27.6 Å². The van der Waals surface area contributed by atoms with Crippen LogP contribution in [-0.2, 0) is 11.3 Å². The fourth-order valence-electron chi connectivity index (χ4n) is 6.82. The second-order valence-corrected chi connectivity index (χ2v) is 10.5. The third-order valence-electron chi connectivity index (χ3n) is 8.52. The van der Waals surface area contributed by atoms with Gasteiger partial charge in [0.15, 0.2) is 5.82 Å². The SMILES string of the molecule is O=[N+]([O-])C1=C(Nc2cccc3ccccc23)N(c2cccc3ccccc23)[C@]2(O)c3cccc4cccc(c34)[C@]12O. The van der Waals surface area contributed by atoms with E-state index >= 15 is 0 Å². The molecule has 0 amide bonds. The van der Waals surface area contributed by atoms with Crippen LogP contribution in [0.3, 0.4) is 0 Å². The number of rotatable bonds is 4. The van der Waals surface area contributed by atoms with Gasteiger partial charge in [0.25, 0.3) is 0 Å². The monoisotopic (exact) mass is 537 g/mol. The van der Waals surface area contributed by atoms with Gasteiger partial charge in [-0.2, -0.15) is 0 Å². The summed E-state index contributed by atoms with van der Waals surface area (Å²) < 4.78 is 0. The Kier molecular flexibility index (Phi) is 4.69. The van der Waals surface area contributed by atoms with Crippen molar-refractivity contribution in [3.05, 3.63) is 154 Å². The fourth-order valence-corrected chi connectivity index (χ4v) is 6.82. The number of aliphatic hydroxyl groups is 2. The number of hydrogen-bond donors (Lipinski definition) is 3. The molecule has 8 rings (SSSR count). The van der Waals surface area contributed by atoms with Gasteiger partial charge in [-0.25, -0.2) is 0 Å². The molecule has 6 aromatic carbocycles. The average Bonchev–Trinajstić information content (AvgIpc) is 3.31. The molecule has 0 radical (unpaired) electrons. The predicted molar refractivity (Wildman–Crippen MR) is 160 cm³/mol. The van der Waals surface area contributed by atoms with Gasteiger partial charge in [0.1, 0.15) is 0 Å². The highest BCUT2D eigenvalue weighted by molar-refractivity contribution is 6.01. The van der Waals surface area contributed by atoms with Gasteiger partial charge in [0.2, 0.25) is 11.3 Å². The van der Waals surface area contributed by atoms with Crippen LogP contribution in [0.2, 0.25) is 0 Å². The summed E-state index contributed by atoms with van der Waals surface area (Å²) in [5.74, 6) is -0.000729. The van der Waals surface area contributed by atoms with Gasteiger partial charge < -0.3 is 15.5 Å². The van der Waals surface area contributed by atoms with Crippen LogP contribution >= 0.6 is 0 Å². The molecule has 0 spiro atoms. The van der Waals surface area contributed by atoms with Crippen molar-refractivity contribution >= 4 is 43.7 Å². The average molecular weight is 538 g/mol. The molecule has 7 nitrogen and oxygen atoms in total. The van der Waals surface area contributed by atoms with E-state index in [1.165, 1.54) is 4.90 Å². The lowest BCUT2D eigenvalue weighted by atomic mass is 9.86. The molecule has 3 N–H and O–H groups in total. The van der Waals surface area contributed by atoms with E-state index in [0.717, 1.165) is 26.9 Å². The maximum Gasteiger partial charge on any atom is 0.328 e. The minimum absolute atomic E-state index is 0.000729. The standard InChI is InChI=1S/C34H23N3O4/c38-33-26-17-5-13-23-14-6-18-27(30(23)26)34(33,39)36(29-20-8-12-22-10-2-4-16-25(22)29)32(31(33)37(40)41)35-28-19-7-11-21-9-1-3-15-24(21)28/h1-20,35,38-39H/t33-,34-/m0/s1. The zero-order chi connectivity index (χ0) is 27.9. The molecular weight excluding hydrogens is 514 g/mol. The van der Waals surface area contributed by atoms with Crippen molar-refractivity contribution in [1.29, 1.82) is 0 Å². The molecule has 0 saturated carbocycles. The first-order valence-electron chi connectivity index (χ1n) is 13.3. The molecule has 1 heterocycles. The zero-order valence-corrected chi connectivity index (χ0v) is 21.7. The van der Waals surface area contributed by atoms with Crippen LogP contribution in [0.4, 0.5) is 11.4 Å². The molecule has 0 saturated heterocycles. The molecule has 41 heavy (non-hydrogen) atoms. The van der Waals surface area contributed by atoms with Gasteiger partial charge in [-0.05, 0) is 33.7 Å². The molecule has 1 aliphatic carbocycles. The summed E-state index contributed by atoms with van der Waals surface area (Å²) in [6.07, 6.45) is 0. The van der Waals surface area contributed by atoms with Gasteiger partial charge in [-0.3, -0.25) is 15.0 Å². The lowest BCUT2D eigenvalue weighted by Crippen LogP contribution is -2.54. The highest BCUT2D eigenvalue weighted by Crippen LogP contribution is 2.63. The van der Waals surface area contributed by atoms with Crippen LogP contribution in [0.15, 0.2) is 133 Å². The summed E-state index contributed by atoms with van der Waals surface area (Å²) in [4.78, 5) is 14.0. The first-order valence-corrected chi connectivity index (χ1v) is 13.3. The molecule has 198 valence electrons. The van der Waals surface area contributed by atoms with E-state index in [2.05, 4.69) is 5.32 Å². The van der Waals surface area contributed by atoms with Crippen LogP contribution in [0.1, 0.15) is 11.1 Å². The summed E-state index contributed by atoms with van der Waals surface area (Å²) >= 11 is 0. The van der Waals surface area contributed by atoms with Crippen molar-refractivity contribution in [2.75, 3.05) is 10.2 Å². The van der Waals surface area contributed by atoms with Crippen molar-refractivity contribution in [3.8, 4) is 0 Å².